The summed E-state index contributed by atoms with van der Waals surface area (Å²) in [6, 6.07) is 0. The van der Waals surface area contributed by atoms with Crippen LogP contribution in [0, 0.1) is 13.8 Å². The first-order valence-corrected chi connectivity index (χ1v) is 4.44. The zero-order chi connectivity index (χ0) is 7.72. The lowest BCUT2D eigenvalue weighted by Crippen LogP contribution is -2.28. The molecule has 0 amide bonds. The third-order valence-electron chi connectivity index (χ3n) is 1.69. The van der Waals surface area contributed by atoms with E-state index in [1.54, 1.807) is 11.9 Å². The van der Waals surface area contributed by atoms with E-state index in [4.69, 9.17) is 0 Å². The van der Waals surface area contributed by atoms with Crippen LogP contribution in [0.5, 0.6) is 0 Å². The van der Waals surface area contributed by atoms with Gasteiger partial charge in [-0.2, -0.15) is 3.97 Å². The number of hydrogen-bond donors (Lipinski definition) is 0. The molecule has 0 aliphatic carbocycles. The van der Waals surface area contributed by atoms with Crippen molar-refractivity contribution in [1.29, 1.82) is 0 Å². The normalized spacial score (nSPS) is 10.4. The van der Waals surface area contributed by atoms with Crippen molar-refractivity contribution in [2.24, 2.45) is 7.05 Å². The van der Waals surface area contributed by atoms with Crippen LogP contribution in [0.25, 0.3) is 0 Å². The van der Waals surface area contributed by atoms with E-state index in [0.717, 1.165) is 0 Å². The molecule has 3 heteroatoms. The highest BCUT2D eigenvalue weighted by Crippen LogP contribution is 2.08. The Bertz CT molecular complexity index is 240. The Hall–Kier alpha value is -0.440. The van der Waals surface area contributed by atoms with Gasteiger partial charge in [-0.25, -0.2) is 4.57 Å². The molecule has 0 aliphatic rings. The van der Waals surface area contributed by atoms with Crippen LogP contribution in [-0.2, 0) is 7.05 Å². The zero-order valence-corrected chi connectivity index (χ0v) is 7.70. The fourth-order valence-electron chi connectivity index (χ4n) is 1.10. The highest BCUT2D eigenvalue weighted by molar-refractivity contribution is 7.97. The van der Waals surface area contributed by atoms with E-state index in [9.17, 15) is 0 Å². The van der Waals surface area contributed by atoms with E-state index in [2.05, 4.69) is 41.9 Å². The van der Waals surface area contributed by atoms with Crippen molar-refractivity contribution < 1.29 is 4.57 Å². The smallest absolute Gasteiger partial charge is 0.236 e. The molecule has 0 aromatic carbocycles. The van der Waals surface area contributed by atoms with Crippen LogP contribution in [0.2, 0.25) is 0 Å². The summed E-state index contributed by atoms with van der Waals surface area (Å²) in [7, 11) is 2.06. The van der Waals surface area contributed by atoms with Gasteiger partial charge in [0.25, 0.3) is 5.82 Å². The van der Waals surface area contributed by atoms with Gasteiger partial charge in [-0.05, 0) is 0 Å². The maximum atomic E-state index is 2.21. The number of aromatic nitrogens is 2. The number of imidazole rings is 1. The van der Waals surface area contributed by atoms with Gasteiger partial charge in [0.1, 0.15) is 6.20 Å². The molecule has 1 heterocycles. The maximum Gasteiger partial charge on any atom is 0.265 e. The minimum absolute atomic E-state index is 1.28. The lowest BCUT2D eigenvalue weighted by Gasteiger charge is -1.91. The van der Waals surface area contributed by atoms with Crippen LogP contribution in [0.1, 0.15) is 11.5 Å². The second-order valence-corrected chi connectivity index (χ2v) is 3.14. The molecule has 0 saturated carbocycles. The molecule has 0 atom stereocenters. The molecule has 2 nitrogen and oxygen atoms in total. The van der Waals surface area contributed by atoms with Crippen molar-refractivity contribution in [2.45, 2.75) is 13.8 Å². The number of nitrogens with zero attached hydrogens (tertiary/aromatic N) is 2. The lowest BCUT2D eigenvalue weighted by molar-refractivity contribution is -0.676. The number of hydrogen-bond acceptors (Lipinski definition) is 1. The van der Waals surface area contributed by atoms with Crippen molar-refractivity contribution in [2.75, 3.05) is 6.26 Å². The number of rotatable bonds is 1. The summed E-state index contributed by atoms with van der Waals surface area (Å²) in [6.45, 7) is 4.23. The molecule has 0 unspecified atom stereocenters. The van der Waals surface area contributed by atoms with Crippen LogP contribution in [0.3, 0.4) is 0 Å². The first-order chi connectivity index (χ1) is 4.66. The van der Waals surface area contributed by atoms with Gasteiger partial charge in [0.2, 0.25) is 0 Å². The fourth-order valence-corrected chi connectivity index (χ4v) is 1.83. The zero-order valence-electron chi connectivity index (χ0n) is 6.88. The molecule has 0 saturated heterocycles. The summed E-state index contributed by atoms with van der Waals surface area (Å²) in [5, 5.41) is 0. The molecule has 0 N–H and O–H groups in total. The topological polar surface area (TPSA) is 8.81 Å². The highest BCUT2D eigenvalue weighted by atomic mass is 32.2. The van der Waals surface area contributed by atoms with Crippen LogP contribution < -0.4 is 4.57 Å². The fraction of sp³-hybridized carbons (Fsp3) is 0.571. The molecule has 56 valence electrons. The monoisotopic (exact) mass is 157 g/mol. The largest absolute Gasteiger partial charge is 0.265 e. The Kier molecular flexibility index (Phi) is 2.04. The van der Waals surface area contributed by atoms with Crippen molar-refractivity contribution in [3.63, 3.8) is 0 Å². The van der Waals surface area contributed by atoms with Crippen LogP contribution >= 0.6 is 11.9 Å². The van der Waals surface area contributed by atoms with E-state index in [0.29, 0.717) is 0 Å². The average Bonchev–Trinajstić information content (AvgIpc) is 2.09. The van der Waals surface area contributed by atoms with Gasteiger partial charge in [-0.15, -0.1) is 0 Å². The third kappa shape index (κ3) is 1.06. The predicted molar refractivity (Wildman–Crippen MR) is 44.0 cm³/mol. The third-order valence-corrected chi connectivity index (χ3v) is 2.61. The summed E-state index contributed by atoms with van der Waals surface area (Å²) in [4.78, 5) is 0. The molecule has 0 spiro atoms. The summed E-state index contributed by atoms with van der Waals surface area (Å²) in [6.07, 6.45) is 4.21. The predicted octanol–water partition coefficient (Wildman–Crippen LogP) is 1.06. The van der Waals surface area contributed by atoms with Gasteiger partial charge in [0.05, 0.1) is 19.0 Å². The summed E-state index contributed by atoms with van der Waals surface area (Å²) >= 11 is 1.74. The van der Waals surface area contributed by atoms with Crippen LogP contribution in [-0.4, -0.2) is 10.2 Å². The second kappa shape index (κ2) is 2.66. The molecule has 0 aliphatic heterocycles. The van der Waals surface area contributed by atoms with Crippen molar-refractivity contribution in [3.8, 4) is 0 Å². The summed E-state index contributed by atoms with van der Waals surface area (Å²) in [5.74, 6) is 1.28. The van der Waals surface area contributed by atoms with Gasteiger partial charge in [0, 0.05) is 20.1 Å². The van der Waals surface area contributed by atoms with E-state index in [-0.39, 0.29) is 0 Å². The Balaban J connectivity index is 3.20. The van der Waals surface area contributed by atoms with Crippen molar-refractivity contribution in [3.05, 3.63) is 17.7 Å². The minimum Gasteiger partial charge on any atom is -0.236 e. The molecule has 0 fully saturated rings. The SMILES string of the molecule is CSn1c(C)c[n+](C)c1C. The van der Waals surface area contributed by atoms with Crippen molar-refractivity contribution in [1.82, 2.24) is 3.97 Å². The van der Waals surface area contributed by atoms with E-state index >= 15 is 0 Å². The first-order valence-electron chi connectivity index (χ1n) is 3.26. The molecule has 1 aromatic heterocycles. The Morgan fingerprint density at radius 2 is 2.10 bits per heavy atom. The average molecular weight is 157 g/mol. The molecular weight excluding hydrogens is 144 g/mol. The molecule has 0 bridgehead atoms. The quantitative estimate of drug-likeness (QED) is 0.554. The van der Waals surface area contributed by atoms with Crippen molar-refractivity contribution >= 4 is 11.9 Å². The lowest BCUT2D eigenvalue weighted by atomic mass is 10.6. The summed E-state index contributed by atoms with van der Waals surface area (Å²) < 4.78 is 4.34. The Morgan fingerprint density at radius 1 is 1.50 bits per heavy atom. The van der Waals surface area contributed by atoms with Gasteiger partial charge < -0.3 is 0 Å². The Morgan fingerprint density at radius 3 is 2.30 bits per heavy atom. The van der Waals surface area contributed by atoms with E-state index in [1.165, 1.54) is 11.5 Å². The number of aryl methyl sites for hydroxylation is 2. The highest BCUT2D eigenvalue weighted by Gasteiger charge is 2.12. The second-order valence-electron chi connectivity index (χ2n) is 2.41. The van der Waals surface area contributed by atoms with Crippen LogP contribution in [0.15, 0.2) is 6.20 Å². The van der Waals surface area contributed by atoms with E-state index in [1.807, 2.05) is 0 Å². The van der Waals surface area contributed by atoms with Crippen LogP contribution in [0.4, 0.5) is 0 Å². The standard InChI is InChI=1S/C7H13N2S/c1-6-5-8(3)7(2)9(6)10-4/h5H,1-4H3/q+1. The van der Waals surface area contributed by atoms with E-state index < -0.39 is 0 Å². The molecular formula is C7H13N2S+. The summed E-state index contributed by atoms with van der Waals surface area (Å²) in [5.41, 5.74) is 1.30. The van der Waals surface area contributed by atoms with Gasteiger partial charge in [-0.1, -0.05) is 0 Å². The molecule has 0 radical (unpaired) electrons. The molecule has 1 rings (SSSR count). The van der Waals surface area contributed by atoms with Gasteiger partial charge in [0.15, 0.2) is 5.69 Å². The Labute approximate surface area is 66.0 Å². The minimum atomic E-state index is 1.28. The van der Waals surface area contributed by atoms with Gasteiger partial charge >= 0.3 is 0 Å². The molecule has 1 aromatic rings. The van der Waals surface area contributed by atoms with Gasteiger partial charge in [-0.3, -0.25) is 0 Å². The maximum absolute atomic E-state index is 2.21. The molecule has 10 heavy (non-hydrogen) atoms. The first kappa shape index (κ1) is 7.66.